The van der Waals surface area contributed by atoms with E-state index in [1.54, 1.807) is 7.11 Å². The number of rotatable bonds is 9. The first kappa shape index (κ1) is 19.5. The summed E-state index contributed by atoms with van der Waals surface area (Å²) in [7, 11) is 1.62. The van der Waals surface area contributed by atoms with E-state index in [1.807, 2.05) is 55.5 Å². The first-order chi connectivity index (χ1) is 12.1. The summed E-state index contributed by atoms with van der Waals surface area (Å²) in [6, 6.07) is 14.9. The molecule has 1 atom stereocenters. The number of ether oxygens (including phenoxy) is 2. The summed E-state index contributed by atoms with van der Waals surface area (Å²) in [5, 5.41) is 3.48. The van der Waals surface area contributed by atoms with Gasteiger partial charge < -0.3 is 14.8 Å². The first-order valence-corrected chi connectivity index (χ1v) is 9.35. The Balaban J connectivity index is 1.74. The van der Waals surface area contributed by atoms with E-state index >= 15 is 0 Å². The molecule has 25 heavy (non-hydrogen) atoms. The van der Waals surface area contributed by atoms with E-state index < -0.39 is 0 Å². The third-order valence-corrected chi connectivity index (χ3v) is 5.11. The standard InChI is InChI=1S/C19H22ClNO3S/c1-3-18(25-17-10-4-14(20)5-11-17)19(22)21-12-13-24-16-8-6-15(23-2)7-9-16/h4-11,18H,3,12-13H2,1-2H3,(H,21,22)/t18-/m1/s1. The molecule has 2 aromatic carbocycles. The van der Waals surface area contributed by atoms with Gasteiger partial charge in [-0.2, -0.15) is 0 Å². The van der Waals surface area contributed by atoms with Gasteiger partial charge in [0.15, 0.2) is 0 Å². The Kier molecular flexibility index (Phi) is 7.95. The monoisotopic (exact) mass is 379 g/mol. The molecule has 0 heterocycles. The first-order valence-electron chi connectivity index (χ1n) is 8.09. The van der Waals surface area contributed by atoms with Gasteiger partial charge in [0.1, 0.15) is 18.1 Å². The lowest BCUT2D eigenvalue weighted by molar-refractivity contribution is -0.120. The fourth-order valence-corrected chi connectivity index (χ4v) is 3.23. The van der Waals surface area contributed by atoms with Crippen molar-refractivity contribution in [3.63, 3.8) is 0 Å². The van der Waals surface area contributed by atoms with E-state index in [0.717, 1.165) is 22.8 Å². The largest absolute Gasteiger partial charge is 0.497 e. The van der Waals surface area contributed by atoms with Crippen LogP contribution in [0, 0.1) is 0 Å². The molecule has 6 heteroatoms. The van der Waals surface area contributed by atoms with Crippen LogP contribution < -0.4 is 14.8 Å². The summed E-state index contributed by atoms with van der Waals surface area (Å²) in [6.45, 7) is 2.88. The number of amides is 1. The van der Waals surface area contributed by atoms with Gasteiger partial charge in [-0.1, -0.05) is 18.5 Å². The zero-order valence-electron chi connectivity index (χ0n) is 14.3. The van der Waals surface area contributed by atoms with Gasteiger partial charge in [-0.25, -0.2) is 0 Å². The molecule has 0 fully saturated rings. The third-order valence-electron chi connectivity index (χ3n) is 3.48. The second-order valence-electron chi connectivity index (χ2n) is 5.28. The van der Waals surface area contributed by atoms with Crippen molar-refractivity contribution in [2.24, 2.45) is 0 Å². The van der Waals surface area contributed by atoms with E-state index in [4.69, 9.17) is 21.1 Å². The number of hydrogen-bond acceptors (Lipinski definition) is 4. The van der Waals surface area contributed by atoms with Crippen LogP contribution >= 0.6 is 23.4 Å². The molecule has 0 aliphatic rings. The Morgan fingerprint density at radius 2 is 1.76 bits per heavy atom. The van der Waals surface area contributed by atoms with E-state index in [-0.39, 0.29) is 11.2 Å². The predicted octanol–water partition coefficient (Wildman–Crippen LogP) is 4.41. The average Bonchev–Trinajstić information content (AvgIpc) is 2.65. The minimum Gasteiger partial charge on any atom is -0.497 e. The highest BCUT2D eigenvalue weighted by molar-refractivity contribution is 8.00. The van der Waals surface area contributed by atoms with E-state index in [1.165, 1.54) is 11.8 Å². The number of halogens is 1. The quantitative estimate of drug-likeness (QED) is 0.517. The van der Waals surface area contributed by atoms with Crippen molar-refractivity contribution in [1.82, 2.24) is 5.32 Å². The van der Waals surface area contributed by atoms with Crippen molar-refractivity contribution in [2.45, 2.75) is 23.5 Å². The van der Waals surface area contributed by atoms with Gasteiger partial charge in [-0.15, -0.1) is 11.8 Å². The van der Waals surface area contributed by atoms with Gasteiger partial charge in [-0.3, -0.25) is 4.79 Å². The average molecular weight is 380 g/mol. The minimum absolute atomic E-state index is 0.0146. The normalized spacial score (nSPS) is 11.6. The fourth-order valence-electron chi connectivity index (χ4n) is 2.13. The Morgan fingerprint density at radius 1 is 1.12 bits per heavy atom. The Morgan fingerprint density at radius 3 is 2.36 bits per heavy atom. The van der Waals surface area contributed by atoms with Gasteiger partial charge in [0.05, 0.1) is 18.9 Å². The van der Waals surface area contributed by atoms with Crippen molar-refractivity contribution in [3.05, 3.63) is 53.6 Å². The third kappa shape index (κ3) is 6.52. The van der Waals surface area contributed by atoms with Crippen LogP contribution in [0.4, 0.5) is 0 Å². The predicted molar refractivity (Wildman–Crippen MR) is 103 cm³/mol. The maximum atomic E-state index is 12.3. The molecule has 0 unspecified atom stereocenters. The molecule has 2 rings (SSSR count). The summed E-state index contributed by atoms with van der Waals surface area (Å²) in [4.78, 5) is 13.3. The molecule has 0 bridgehead atoms. The lowest BCUT2D eigenvalue weighted by Gasteiger charge is -2.15. The van der Waals surface area contributed by atoms with Gasteiger partial charge >= 0.3 is 0 Å². The van der Waals surface area contributed by atoms with Crippen LogP contribution in [0.1, 0.15) is 13.3 Å². The molecular weight excluding hydrogens is 358 g/mol. The van der Waals surface area contributed by atoms with Crippen molar-refractivity contribution in [1.29, 1.82) is 0 Å². The van der Waals surface area contributed by atoms with Gasteiger partial charge in [-0.05, 0) is 55.0 Å². The SMILES string of the molecule is CC[C@@H](Sc1ccc(Cl)cc1)C(=O)NCCOc1ccc(OC)cc1. The summed E-state index contributed by atoms with van der Waals surface area (Å²) >= 11 is 7.43. The molecule has 0 radical (unpaired) electrons. The summed E-state index contributed by atoms with van der Waals surface area (Å²) in [5.41, 5.74) is 0. The van der Waals surface area contributed by atoms with Crippen LogP contribution in [0.5, 0.6) is 11.5 Å². The highest BCUT2D eigenvalue weighted by Gasteiger charge is 2.17. The summed E-state index contributed by atoms with van der Waals surface area (Å²) < 4.78 is 10.7. The van der Waals surface area contributed by atoms with Crippen LogP contribution in [-0.2, 0) is 4.79 Å². The van der Waals surface area contributed by atoms with Crippen molar-refractivity contribution >= 4 is 29.3 Å². The lowest BCUT2D eigenvalue weighted by atomic mass is 10.3. The molecule has 0 saturated carbocycles. The van der Waals surface area contributed by atoms with Crippen LogP contribution in [0.15, 0.2) is 53.4 Å². The molecule has 0 saturated heterocycles. The molecule has 1 amide bonds. The van der Waals surface area contributed by atoms with Crippen LogP contribution in [0.3, 0.4) is 0 Å². The zero-order chi connectivity index (χ0) is 18.1. The van der Waals surface area contributed by atoms with Crippen LogP contribution in [-0.4, -0.2) is 31.4 Å². The van der Waals surface area contributed by atoms with Gasteiger partial charge in [0, 0.05) is 9.92 Å². The van der Waals surface area contributed by atoms with Crippen molar-refractivity contribution in [3.8, 4) is 11.5 Å². The maximum Gasteiger partial charge on any atom is 0.233 e. The van der Waals surface area contributed by atoms with Crippen molar-refractivity contribution < 1.29 is 14.3 Å². The topological polar surface area (TPSA) is 47.6 Å². The number of thioether (sulfide) groups is 1. The number of hydrogen-bond donors (Lipinski definition) is 1. The highest BCUT2D eigenvalue weighted by Crippen LogP contribution is 2.26. The second kappa shape index (κ2) is 10.2. The molecule has 134 valence electrons. The zero-order valence-corrected chi connectivity index (χ0v) is 15.9. The van der Waals surface area contributed by atoms with Gasteiger partial charge in [0.25, 0.3) is 0 Å². The molecule has 2 aromatic rings. The van der Waals surface area contributed by atoms with Crippen LogP contribution in [0.25, 0.3) is 0 Å². The van der Waals surface area contributed by atoms with E-state index in [9.17, 15) is 4.79 Å². The van der Waals surface area contributed by atoms with Crippen LogP contribution in [0.2, 0.25) is 5.02 Å². The number of methoxy groups -OCH3 is 1. The second-order valence-corrected chi connectivity index (χ2v) is 7.00. The molecule has 1 N–H and O–H groups in total. The highest BCUT2D eigenvalue weighted by atomic mass is 35.5. The number of carbonyl (C=O) groups is 1. The lowest BCUT2D eigenvalue weighted by Crippen LogP contribution is -2.35. The molecule has 0 aromatic heterocycles. The minimum atomic E-state index is -0.137. The maximum absolute atomic E-state index is 12.3. The van der Waals surface area contributed by atoms with Crippen molar-refractivity contribution in [2.75, 3.05) is 20.3 Å². The van der Waals surface area contributed by atoms with E-state index in [2.05, 4.69) is 5.32 Å². The fraction of sp³-hybridized carbons (Fsp3) is 0.316. The Bertz CT molecular complexity index is 661. The molecular formula is C19H22ClNO3S. The number of nitrogens with one attached hydrogen (secondary N) is 1. The molecule has 0 aliphatic heterocycles. The summed E-state index contributed by atoms with van der Waals surface area (Å²) in [6.07, 6.45) is 0.748. The Hall–Kier alpha value is -1.85. The number of carbonyl (C=O) groups excluding carboxylic acids is 1. The number of benzene rings is 2. The summed E-state index contributed by atoms with van der Waals surface area (Å²) in [5.74, 6) is 1.55. The molecule has 0 aliphatic carbocycles. The molecule has 0 spiro atoms. The van der Waals surface area contributed by atoms with E-state index in [0.29, 0.717) is 18.2 Å². The van der Waals surface area contributed by atoms with Gasteiger partial charge in [0.2, 0.25) is 5.91 Å². The Labute approximate surface area is 157 Å². The molecule has 4 nitrogen and oxygen atoms in total. The smallest absolute Gasteiger partial charge is 0.233 e.